The van der Waals surface area contributed by atoms with Crippen LogP contribution in [0.3, 0.4) is 0 Å². The molecule has 0 aliphatic carbocycles. The maximum Gasteiger partial charge on any atom is 0.127 e. The number of fused-ring (bicyclic) bond motifs is 6. The maximum atomic E-state index is 6.21. The van der Waals surface area contributed by atoms with Crippen LogP contribution in [0.1, 0.15) is 30.5 Å². The summed E-state index contributed by atoms with van der Waals surface area (Å²) in [4.78, 5) is 15.6. The van der Waals surface area contributed by atoms with E-state index in [1.807, 2.05) is 6.07 Å². The van der Waals surface area contributed by atoms with Gasteiger partial charge in [0.2, 0.25) is 0 Å². The molecule has 5 heterocycles. The Morgan fingerprint density at radius 3 is 2.78 bits per heavy atom. The average molecular weight is 510 g/mol. The fraction of sp³-hybridized carbons (Fsp3) is 0.207. The van der Waals surface area contributed by atoms with E-state index in [-0.39, 0.29) is 5.60 Å². The molecule has 7 heteroatoms. The number of furan rings is 1. The number of pyridine rings is 1. The molecule has 1 aliphatic heterocycles. The number of benzene rings is 2. The van der Waals surface area contributed by atoms with Crippen molar-refractivity contribution in [1.29, 1.82) is 0 Å². The van der Waals surface area contributed by atoms with Crippen LogP contribution >= 0.6 is 23.1 Å². The number of hydrogen-bond acceptors (Lipinski definition) is 7. The van der Waals surface area contributed by atoms with Crippen molar-refractivity contribution in [2.24, 2.45) is 0 Å². The Labute approximate surface area is 216 Å². The van der Waals surface area contributed by atoms with Crippen molar-refractivity contribution in [3.05, 3.63) is 84.1 Å². The number of aromatic nitrogens is 3. The zero-order valence-electron chi connectivity index (χ0n) is 19.9. The van der Waals surface area contributed by atoms with Gasteiger partial charge in [-0.3, -0.25) is 0 Å². The minimum absolute atomic E-state index is 0.246. The highest BCUT2D eigenvalue weighted by molar-refractivity contribution is 7.98. The Bertz CT molecular complexity index is 1760. The molecule has 36 heavy (non-hydrogen) atoms. The summed E-state index contributed by atoms with van der Waals surface area (Å²) in [5, 5.41) is 4.67. The van der Waals surface area contributed by atoms with Gasteiger partial charge in [0.25, 0.3) is 0 Å². The van der Waals surface area contributed by atoms with Crippen molar-refractivity contribution in [3.63, 3.8) is 0 Å². The Hall–Kier alpha value is -3.26. The lowest BCUT2D eigenvalue weighted by molar-refractivity contribution is -0.0394. The lowest BCUT2D eigenvalue weighted by atomic mass is 9.88. The second kappa shape index (κ2) is 8.40. The van der Waals surface area contributed by atoms with Crippen molar-refractivity contribution in [3.8, 4) is 11.3 Å². The van der Waals surface area contributed by atoms with Crippen LogP contribution in [-0.4, -0.2) is 20.6 Å². The molecule has 4 aromatic heterocycles. The van der Waals surface area contributed by atoms with Gasteiger partial charge in [-0.15, -0.1) is 23.1 Å². The van der Waals surface area contributed by atoms with Gasteiger partial charge < -0.3 is 9.15 Å². The summed E-state index contributed by atoms with van der Waals surface area (Å²) in [5.41, 5.74) is 6.35. The molecule has 0 amide bonds. The number of hydrogen-bond donors (Lipinski definition) is 0. The minimum atomic E-state index is -0.246. The van der Waals surface area contributed by atoms with E-state index in [0.717, 1.165) is 54.5 Å². The molecule has 0 bridgehead atoms. The summed E-state index contributed by atoms with van der Waals surface area (Å²) in [5.74, 6) is 0.845. The molecule has 0 atom stereocenters. The van der Waals surface area contributed by atoms with E-state index in [1.165, 1.54) is 21.9 Å². The van der Waals surface area contributed by atoms with Gasteiger partial charge in [0.05, 0.1) is 40.6 Å². The van der Waals surface area contributed by atoms with Crippen molar-refractivity contribution >= 4 is 54.3 Å². The molecule has 0 saturated heterocycles. The lowest BCUT2D eigenvalue weighted by Crippen LogP contribution is -2.32. The Morgan fingerprint density at radius 1 is 1.03 bits per heavy atom. The Balaban J connectivity index is 1.35. The predicted octanol–water partition coefficient (Wildman–Crippen LogP) is 7.80. The Kier molecular flexibility index (Phi) is 5.13. The van der Waals surface area contributed by atoms with Crippen LogP contribution in [0, 0.1) is 0 Å². The maximum absolute atomic E-state index is 6.21. The highest BCUT2D eigenvalue weighted by Crippen LogP contribution is 2.44. The van der Waals surface area contributed by atoms with Crippen molar-refractivity contribution in [2.45, 2.75) is 43.3 Å². The number of thiophene rings is 1. The van der Waals surface area contributed by atoms with E-state index in [9.17, 15) is 0 Å². The molecule has 0 radical (unpaired) electrons. The average Bonchev–Trinajstić information content (AvgIpc) is 3.54. The van der Waals surface area contributed by atoms with Crippen LogP contribution in [0.2, 0.25) is 0 Å². The van der Waals surface area contributed by atoms with Crippen LogP contribution in [0.4, 0.5) is 0 Å². The third-order valence-corrected chi connectivity index (χ3v) is 9.05. The minimum Gasteiger partial charge on any atom is -0.472 e. The van der Waals surface area contributed by atoms with Crippen molar-refractivity contribution in [1.82, 2.24) is 15.0 Å². The highest BCUT2D eigenvalue weighted by atomic mass is 32.2. The van der Waals surface area contributed by atoms with E-state index in [4.69, 9.17) is 19.1 Å². The molecule has 0 fully saturated rings. The number of nitrogens with zero attached hydrogens (tertiary/aromatic N) is 3. The first-order valence-electron chi connectivity index (χ1n) is 11.9. The van der Waals surface area contributed by atoms with E-state index in [2.05, 4.69) is 61.3 Å². The van der Waals surface area contributed by atoms with Crippen LogP contribution in [0.15, 0.2) is 76.8 Å². The summed E-state index contributed by atoms with van der Waals surface area (Å²) in [6.07, 6.45) is 5.95. The fourth-order valence-electron chi connectivity index (χ4n) is 5.01. The molecule has 0 saturated carbocycles. The van der Waals surface area contributed by atoms with Gasteiger partial charge in [-0.1, -0.05) is 42.5 Å². The molecule has 0 spiro atoms. The van der Waals surface area contributed by atoms with Gasteiger partial charge in [0, 0.05) is 28.7 Å². The predicted molar refractivity (Wildman–Crippen MR) is 146 cm³/mol. The third-order valence-electron chi connectivity index (χ3n) is 6.78. The van der Waals surface area contributed by atoms with Gasteiger partial charge in [0.1, 0.15) is 16.2 Å². The van der Waals surface area contributed by atoms with E-state index in [0.29, 0.717) is 6.61 Å². The smallest absolute Gasteiger partial charge is 0.127 e. The summed E-state index contributed by atoms with van der Waals surface area (Å²) < 4.78 is 12.7. The highest BCUT2D eigenvalue weighted by Gasteiger charge is 2.32. The summed E-state index contributed by atoms with van der Waals surface area (Å²) >= 11 is 3.44. The van der Waals surface area contributed by atoms with E-state index >= 15 is 0 Å². The van der Waals surface area contributed by atoms with Crippen molar-refractivity contribution < 1.29 is 9.15 Å². The molecule has 2 aromatic carbocycles. The summed E-state index contributed by atoms with van der Waals surface area (Å²) in [7, 11) is 0. The number of thioether (sulfide) groups is 1. The molecular formula is C29H23N3O2S2. The quantitative estimate of drug-likeness (QED) is 0.178. The van der Waals surface area contributed by atoms with Gasteiger partial charge >= 0.3 is 0 Å². The van der Waals surface area contributed by atoms with E-state index < -0.39 is 0 Å². The first-order chi connectivity index (χ1) is 17.6. The Morgan fingerprint density at radius 2 is 1.92 bits per heavy atom. The van der Waals surface area contributed by atoms with Gasteiger partial charge in [-0.2, -0.15) is 0 Å². The lowest BCUT2D eigenvalue weighted by Gasteiger charge is -2.33. The van der Waals surface area contributed by atoms with Gasteiger partial charge in [-0.25, -0.2) is 15.0 Å². The van der Waals surface area contributed by atoms with Crippen LogP contribution < -0.4 is 0 Å². The third kappa shape index (κ3) is 3.70. The van der Waals surface area contributed by atoms with Gasteiger partial charge in [-0.05, 0) is 41.8 Å². The molecule has 0 unspecified atom stereocenters. The first-order valence-corrected chi connectivity index (χ1v) is 13.7. The molecule has 5 nitrogen and oxygen atoms in total. The first kappa shape index (κ1) is 22.0. The standard InChI is InChI=1S/C29H23N3O2S2/c1-29(2)12-21-22(14-34-29)24(20-9-10-33-13-20)32-27-23(21)25-26(36-27)28(31-16-30-25)35-15-17-7-8-18-5-3-4-6-19(18)11-17/h3-11,13,16H,12,14-15H2,1-2H3. The monoisotopic (exact) mass is 509 g/mol. The van der Waals surface area contributed by atoms with Crippen LogP contribution in [0.25, 0.3) is 42.5 Å². The SMILES string of the molecule is CC1(C)Cc2c(c(-c3ccoc3)nc3sc4c(SCc5ccc6ccccc6c5)ncnc4c23)CO1. The van der Waals surface area contributed by atoms with E-state index in [1.54, 1.807) is 42.0 Å². The largest absolute Gasteiger partial charge is 0.472 e. The number of ether oxygens (including phenoxy) is 1. The van der Waals surface area contributed by atoms with Gasteiger partial charge in [0.15, 0.2) is 0 Å². The molecular weight excluding hydrogens is 486 g/mol. The second-order valence-corrected chi connectivity index (χ2v) is 11.7. The second-order valence-electron chi connectivity index (χ2n) is 9.76. The van der Waals surface area contributed by atoms with Crippen LogP contribution in [-0.2, 0) is 23.5 Å². The molecule has 6 aromatic rings. The zero-order chi connectivity index (χ0) is 24.3. The van der Waals surface area contributed by atoms with Crippen molar-refractivity contribution in [2.75, 3.05) is 0 Å². The zero-order valence-corrected chi connectivity index (χ0v) is 21.6. The summed E-state index contributed by atoms with van der Waals surface area (Å²) in [6, 6.07) is 17.1. The fourth-order valence-corrected chi connectivity index (χ4v) is 7.18. The molecule has 0 N–H and O–H groups in total. The molecule has 1 aliphatic rings. The molecule has 7 rings (SSSR count). The molecule has 178 valence electrons. The number of rotatable bonds is 4. The topological polar surface area (TPSA) is 61.0 Å². The van der Waals surface area contributed by atoms with Crippen LogP contribution in [0.5, 0.6) is 0 Å². The summed E-state index contributed by atoms with van der Waals surface area (Å²) in [6.45, 7) is 4.82. The normalized spacial score (nSPS) is 15.1.